The molecule has 0 atom stereocenters. The number of methoxy groups -OCH3 is 2. The second-order valence-electron chi connectivity index (χ2n) is 5.89. The van der Waals surface area contributed by atoms with Crippen LogP contribution in [0.15, 0.2) is 48.5 Å². The normalized spacial score (nSPS) is 10.9. The quantitative estimate of drug-likeness (QED) is 0.707. The zero-order chi connectivity index (χ0) is 19.9. The molecule has 1 N–H and O–H groups in total. The van der Waals surface area contributed by atoms with E-state index in [4.69, 9.17) is 9.47 Å². The van der Waals surface area contributed by atoms with Crippen molar-refractivity contribution >= 4 is 21.6 Å². The average Bonchev–Trinajstić information content (AvgIpc) is 2.66. The number of amides is 1. The van der Waals surface area contributed by atoms with Gasteiger partial charge in [0.15, 0.2) is 0 Å². The Morgan fingerprint density at radius 3 is 2.37 bits per heavy atom. The molecule has 27 heavy (non-hydrogen) atoms. The van der Waals surface area contributed by atoms with Gasteiger partial charge in [-0.05, 0) is 17.7 Å². The minimum absolute atomic E-state index is 0.0109. The van der Waals surface area contributed by atoms with Gasteiger partial charge in [-0.3, -0.25) is 9.10 Å². The van der Waals surface area contributed by atoms with Crippen molar-refractivity contribution in [1.82, 2.24) is 5.32 Å². The molecular formula is C19H24N2O5S. The summed E-state index contributed by atoms with van der Waals surface area (Å²) >= 11 is 0. The number of sulfonamides is 1. The maximum atomic E-state index is 12.3. The van der Waals surface area contributed by atoms with E-state index in [1.165, 1.54) is 14.2 Å². The van der Waals surface area contributed by atoms with Gasteiger partial charge < -0.3 is 14.8 Å². The SMILES string of the molecule is COc1ccc(OC)c(N(CCC(=O)NCc2ccccc2)S(C)(=O)=O)c1. The smallest absolute Gasteiger partial charge is 0.232 e. The van der Waals surface area contributed by atoms with E-state index in [0.29, 0.717) is 23.7 Å². The van der Waals surface area contributed by atoms with E-state index in [1.54, 1.807) is 18.2 Å². The van der Waals surface area contributed by atoms with Gasteiger partial charge >= 0.3 is 0 Å². The van der Waals surface area contributed by atoms with Crippen molar-refractivity contribution in [3.63, 3.8) is 0 Å². The van der Waals surface area contributed by atoms with Crippen LogP contribution in [0, 0.1) is 0 Å². The summed E-state index contributed by atoms with van der Waals surface area (Å²) in [6, 6.07) is 14.4. The van der Waals surface area contributed by atoms with Gasteiger partial charge in [-0.15, -0.1) is 0 Å². The second-order valence-corrected chi connectivity index (χ2v) is 7.79. The first-order valence-corrected chi connectivity index (χ1v) is 10.2. The van der Waals surface area contributed by atoms with E-state index in [0.717, 1.165) is 16.1 Å². The fourth-order valence-electron chi connectivity index (χ4n) is 2.54. The van der Waals surface area contributed by atoms with E-state index in [9.17, 15) is 13.2 Å². The Morgan fingerprint density at radius 1 is 1.07 bits per heavy atom. The summed E-state index contributed by atoms with van der Waals surface area (Å²) in [6.07, 6.45) is 1.11. The summed E-state index contributed by atoms with van der Waals surface area (Å²) in [5.74, 6) is 0.633. The third kappa shape index (κ3) is 5.89. The molecule has 0 unspecified atom stereocenters. The van der Waals surface area contributed by atoms with Crippen LogP contribution in [0.2, 0.25) is 0 Å². The molecule has 0 aliphatic rings. The number of carbonyl (C=O) groups is 1. The Kier molecular flexibility index (Phi) is 7.06. The predicted molar refractivity (Wildman–Crippen MR) is 105 cm³/mol. The van der Waals surface area contributed by atoms with Crippen LogP contribution in [0.4, 0.5) is 5.69 Å². The van der Waals surface area contributed by atoms with Crippen LogP contribution in [0.5, 0.6) is 11.5 Å². The lowest BCUT2D eigenvalue weighted by Gasteiger charge is -2.24. The number of ether oxygens (including phenoxy) is 2. The largest absolute Gasteiger partial charge is 0.497 e. The molecule has 146 valence electrons. The molecule has 0 aliphatic heterocycles. The topological polar surface area (TPSA) is 84.9 Å². The third-order valence-electron chi connectivity index (χ3n) is 3.93. The van der Waals surface area contributed by atoms with E-state index in [2.05, 4.69) is 5.32 Å². The van der Waals surface area contributed by atoms with Crippen molar-refractivity contribution < 1.29 is 22.7 Å². The summed E-state index contributed by atoms with van der Waals surface area (Å²) in [4.78, 5) is 12.2. The summed E-state index contributed by atoms with van der Waals surface area (Å²) in [7, 11) is -0.670. The Hall–Kier alpha value is -2.74. The van der Waals surface area contributed by atoms with Crippen LogP contribution in [0.25, 0.3) is 0 Å². The van der Waals surface area contributed by atoms with Crippen LogP contribution >= 0.6 is 0 Å². The fourth-order valence-corrected chi connectivity index (χ4v) is 3.47. The maximum Gasteiger partial charge on any atom is 0.232 e. The third-order valence-corrected chi connectivity index (χ3v) is 5.11. The van der Waals surface area contributed by atoms with Crippen LogP contribution in [-0.4, -0.2) is 41.3 Å². The number of benzene rings is 2. The van der Waals surface area contributed by atoms with Gasteiger partial charge in [0.05, 0.1) is 26.2 Å². The van der Waals surface area contributed by atoms with E-state index < -0.39 is 10.0 Å². The Balaban J connectivity index is 2.11. The van der Waals surface area contributed by atoms with Crippen LogP contribution in [-0.2, 0) is 21.4 Å². The zero-order valence-corrected chi connectivity index (χ0v) is 16.5. The molecule has 1 amide bonds. The van der Waals surface area contributed by atoms with Gasteiger partial charge in [0.1, 0.15) is 11.5 Å². The van der Waals surface area contributed by atoms with Gasteiger partial charge in [0.25, 0.3) is 0 Å². The number of rotatable bonds is 9. The van der Waals surface area contributed by atoms with Crippen molar-refractivity contribution in [2.24, 2.45) is 0 Å². The lowest BCUT2D eigenvalue weighted by Crippen LogP contribution is -2.34. The van der Waals surface area contributed by atoms with Gasteiger partial charge in [0.2, 0.25) is 15.9 Å². The number of carbonyl (C=O) groups excluding carboxylic acids is 1. The monoisotopic (exact) mass is 392 g/mol. The number of nitrogens with one attached hydrogen (secondary N) is 1. The number of hydrogen-bond donors (Lipinski definition) is 1. The molecule has 2 aromatic carbocycles. The summed E-state index contributed by atoms with van der Waals surface area (Å²) < 4.78 is 36.2. The molecular weight excluding hydrogens is 368 g/mol. The highest BCUT2D eigenvalue weighted by Gasteiger charge is 2.22. The molecule has 0 fully saturated rings. The maximum absolute atomic E-state index is 12.3. The molecule has 0 heterocycles. The zero-order valence-electron chi connectivity index (χ0n) is 15.6. The standard InChI is InChI=1S/C19H24N2O5S/c1-25-16-9-10-18(26-2)17(13-16)21(27(3,23)24)12-11-19(22)20-14-15-7-5-4-6-8-15/h4-10,13H,11-12,14H2,1-3H3,(H,20,22). The van der Waals surface area contributed by atoms with Gasteiger partial charge in [-0.1, -0.05) is 30.3 Å². The molecule has 0 bridgehead atoms. The molecule has 7 nitrogen and oxygen atoms in total. The van der Waals surface area contributed by atoms with Crippen molar-refractivity contribution in [3.8, 4) is 11.5 Å². The highest BCUT2D eigenvalue weighted by molar-refractivity contribution is 7.92. The highest BCUT2D eigenvalue weighted by atomic mass is 32.2. The van der Waals surface area contributed by atoms with Crippen molar-refractivity contribution in [3.05, 3.63) is 54.1 Å². The highest BCUT2D eigenvalue weighted by Crippen LogP contribution is 2.33. The fraction of sp³-hybridized carbons (Fsp3) is 0.316. The van der Waals surface area contributed by atoms with Gasteiger partial charge in [-0.2, -0.15) is 0 Å². The lowest BCUT2D eigenvalue weighted by atomic mass is 10.2. The van der Waals surface area contributed by atoms with Gasteiger partial charge in [-0.25, -0.2) is 8.42 Å². The van der Waals surface area contributed by atoms with E-state index in [-0.39, 0.29) is 18.9 Å². The molecule has 0 radical (unpaired) electrons. The van der Waals surface area contributed by atoms with Crippen LogP contribution < -0.4 is 19.1 Å². The molecule has 0 aromatic heterocycles. The molecule has 0 aliphatic carbocycles. The van der Waals surface area contributed by atoms with Crippen molar-refractivity contribution in [2.45, 2.75) is 13.0 Å². The first-order chi connectivity index (χ1) is 12.8. The number of anilines is 1. The average molecular weight is 392 g/mol. The molecule has 8 heteroatoms. The van der Waals surface area contributed by atoms with E-state index in [1.807, 2.05) is 30.3 Å². The summed E-state index contributed by atoms with van der Waals surface area (Å²) in [6.45, 7) is 0.379. The predicted octanol–water partition coefficient (Wildman–Crippen LogP) is 2.18. The lowest BCUT2D eigenvalue weighted by molar-refractivity contribution is -0.121. The second kappa shape index (κ2) is 9.27. The van der Waals surface area contributed by atoms with Crippen molar-refractivity contribution in [2.75, 3.05) is 31.3 Å². The number of hydrogen-bond acceptors (Lipinski definition) is 5. The van der Waals surface area contributed by atoms with Crippen molar-refractivity contribution in [1.29, 1.82) is 0 Å². The Labute approximate surface area is 160 Å². The van der Waals surface area contributed by atoms with Crippen LogP contribution in [0.3, 0.4) is 0 Å². The van der Waals surface area contributed by atoms with Gasteiger partial charge in [0, 0.05) is 25.6 Å². The Morgan fingerprint density at radius 2 is 1.78 bits per heavy atom. The minimum Gasteiger partial charge on any atom is -0.497 e. The first-order valence-electron chi connectivity index (χ1n) is 8.35. The summed E-state index contributed by atoms with van der Waals surface area (Å²) in [5.41, 5.74) is 1.30. The number of nitrogens with zero attached hydrogens (tertiary/aromatic N) is 1. The van der Waals surface area contributed by atoms with E-state index >= 15 is 0 Å². The molecule has 2 aromatic rings. The molecule has 0 spiro atoms. The Bertz CT molecular complexity index is 869. The first kappa shape index (κ1) is 20.6. The van der Waals surface area contributed by atoms with Crippen LogP contribution in [0.1, 0.15) is 12.0 Å². The minimum atomic E-state index is -3.62. The molecule has 2 rings (SSSR count). The molecule has 0 saturated carbocycles. The molecule has 0 saturated heterocycles. The summed E-state index contributed by atoms with van der Waals surface area (Å²) in [5, 5.41) is 2.79.